The zero-order valence-corrected chi connectivity index (χ0v) is 23.9. The van der Waals surface area contributed by atoms with Crippen LogP contribution in [0.4, 0.5) is 4.79 Å². The third-order valence-corrected chi connectivity index (χ3v) is 8.31. The number of fused-ring (bicyclic) bond motifs is 2. The van der Waals surface area contributed by atoms with Gasteiger partial charge in [0, 0.05) is 31.5 Å². The molecular weight excluding hydrogens is 496 g/mol. The topological polar surface area (TPSA) is 122 Å². The summed E-state index contributed by atoms with van der Waals surface area (Å²) in [5.41, 5.74) is 7.15. The highest BCUT2D eigenvalue weighted by Gasteiger charge is 2.52. The van der Waals surface area contributed by atoms with E-state index in [4.69, 9.17) is 10.5 Å². The lowest BCUT2D eigenvalue weighted by Gasteiger charge is -2.36. The van der Waals surface area contributed by atoms with Crippen molar-refractivity contribution in [3.8, 4) is 0 Å². The number of hydrogen-bond acceptors (Lipinski definition) is 5. The van der Waals surface area contributed by atoms with Crippen LogP contribution in [-0.2, 0) is 25.5 Å². The Kier molecular flexibility index (Phi) is 8.57. The molecular formula is C30H44N4O5. The minimum atomic E-state index is -0.881. The average Bonchev–Trinajstić information content (AvgIpc) is 3.49. The Morgan fingerprint density at radius 2 is 1.67 bits per heavy atom. The number of ether oxygens (including phenoxy) is 1. The number of nitrogens with two attached hydrogens (primary N) is 1. The molecule has 3 aliphatic rings. The molecule has 4 amide bonds. The molecule has 3 fully saturated rings. The maximum atomic E-state index is 13.4. The number of carbonyl (C=O) groups excluding carboxylic acids is 4. The molecule has 0 aromatic heterocycles. The second-order valence-electron chi connectivity index (χ2n) is 12.7. The fraction of sp³-hybridized carbons (Fsp3) is 0.667. The third-order valence-electron chi connectivity index (χ3n) is 8.31. The van der Waals surface area contributed by atoms with Gasteiger partial charge in [-0.1, -0.05) is 38.1 Å². The van der Waals surface area contributed by atoms with E-state index in [-0.39, 0.29) is 36.1 Å². The molecule has 9 nitrogen and oxygen atoms in total. The van der Waals surface area contributed by atoms with Crippen LogP contribution in [-0.4, -0.2) is 70.4 Å². The van der Waals surface area contributed by atoms with Crippen molar-refractivity contribution in [3.63, 3.8) is 0 Å². The Morgan fingerprint density at radius 1 is 1.03 bits per heavy atom. The normalized spacial score (nSPS) is 24.1. The molecule has 1 saturated carbocycles. The first-order valence-corrected chi connectivity index (χ1v) is 14.3. The van der Waals surface area contributed by atoms with Crippen LogP contribution in [0, 0.1) is 11.8 Å². The van der Waals surface area contributed by atoms with Crippen LogP contribution in [0.1, 0.15) is 83.8 Å². The fourth-order valence-electron chi connectivity index (χ4n) is 6.34. The molecule has 214 valence electrons. The number of nitrogens with one attached hydrogen (secondary N) is 1. The summed E-state index contributed by atoms with van der Waals surface area (Å²) in [5.74, 6) is -0.291. The summed E-state index contributed by atoms with van der Waals surface area (Å²) in [5, 5.41) is 2.84. The Morgan fingerprint density at radius 3 is 2.23 bits per heavy atom. The summed E-state index contributed by atoms with van der Waals surface area (Å²) in [4.78, 5) is 54.5. The highest BCUT2D eigenvalue weighted by molar-refractivity contribution is 5.91. The zero-order chi connectivity index (χ0) is 28.5. The molecule has 1 aromatic rings. The minimum Gasteiger partial charge on any atom is -0.444 e. The molecule has 2 aliphatic heterocycles. The van der Waals surface area contributed by atoms with Crippen molar-refractivity contribution in [3.05, 3.63) is 35.4 Å². The van der Waals surface area contributed by atoms with Gasteiger partial charge in [0.25, 0.3) is 0 Å². The van der Waals surface area contributed by atoms with E-state index >= 15 is 0 Å². The molecule has 0 spiro atoms. The van der Waals surface area contributed by atoms with E-state index in [1.807, 2.05) is 30.9 Å². The standard InChI is InChI=1S/C30H44N4O5/c1-18(2)28(37)33-14-12-21(13-15-33)20-8-6-19(7-9-20)16-24(26(31)35)32-27(36)25-22-10-11-23(17-22)34(25)29(38)39-30(3,4)5/h6-9,18,21-25H,10-17H2,1-5H3,(H2,31,35)(H,32,36)/t22-,23+,24-,25-/m0/s1. The van der Waals surface area contributed by atoms with Gasteiger partial charge in [-0.3, -0.25) is 19.3 Å². The van der Waals surface area contributed by atoms with Crippen molar-refractivity contribution in [2.24, 2.45) is 17.6 Å². The van der Waals surface area contributed by atoms with Gasteiger partial charge in [-0.15, -0.1) is 0 Å². The predicted molar refractivity (Wildman–Crippen MR) is 148 cm³/mol. The number of rotatable bonds is 7. The zero-order valence-electron chi connectivity index (χ0n) is 23.9. The minimum absolute atomic E-state index is 0.0173. The Labute approximate surface area is 231 Å². The second-order valence-corrected chi connectivity index (χ2v) is 12.7. The van der Waals surface area contributed by atoms with E-state index in [2.05, 4.69) is 17.4 Å². The number of primary amides is 1. The maximum absolute atomic E-state index is 13.4. The Hall–Kier alpha value is -3.10. The van der Waals surface area contributed by atoms with Crippen molar-refractivity contribution >= 4 is 23.8 Å². The van der Waals surface area contributed by atoms with Gasteiger partial charge in [0.2, 0.25) is 17.7 Å². The lowest BCUT2D eigenvalue weighted by molar-refractivity contribution is -0.135. The largest absolute Gasteiger partial charge is 0.444 e. The molecule has 4 rings (SSSR count). The van der Waals surface area contributed by atoms with Crippen molar-refractivity contribution in [2.45, 2.75) is 103 Å². The molecule has 2 saturated heterocycles. The van der Waals surface area contributed by atoms with E-state index in [1.165, 1.54) is 5.56 Å². The fourth-order valence-corrected chi connectivity index (χ4v) is 6.34. The quantitative estimate of drug-likeness (QED) is 0.549. The number of amides is 4. The molecule has 4 atom stereocenters. The second kappa shape index (κ2) is 11.6. The molecule has 3 N–H and O–H groups in total. The van der Waals surface area contributed by atoms with Crippen molar-refractivity contribution in [2.75, 3.05) is 13.1 Å². The number of piperidine rings is 2. The van der Waals surface area contributed by atoms with E-state index in [9.17, 15) is 19.2 Å². The predicted octanol–water partition coefficient (Wildman–Crippen LogP) is 3.35. The van der Waals surface area contributed by atoms with Gasteiger partial charge in [-0.2, -0.15) is 0 Å². The molecule has 0 unspecified atom stereocenters. The van der Waals surface area contributed by atoms with Crippen LogP contribution in [0.3, 0.4) is 0 Å². The summed E-state index contributed by atoms with van der Waals surface area (Å²) in [6.07, 6.45) is 4.13. The smallest absolute Gasteiger partial charge is 0.411 e. The van der Waals surface area contributed by atoms with Crippen LogP contribution >= 0.6 is 0 Å². The van der Waals surface area contributed by atoms with E-state index in [0.29, 0.717) is 5.92 Å². The molecule has 0 radical (unpaired) electrons. The highest BCUT2D eigenvalue weighted by Crippen LogP contribution is 2.43. The van der Waals surface area contributed by atoms with Gasteiger partial charge in [-0.25, -0.2) is 4.79 Å². The Bertz CT molecular complexity index is 1070. The summed E-state index contributed by atoms with van der Waals surface area (Å²) in [6, 6.07) is 6.54. The lowest BCUT2D eigenvalue weighted by Crippen LogP contribution is -2.57. The maximum Gasteiger partial charge on any atom is 0.411 e. The number of carbonyl (C=O) groups is 4. The first-order chi connectivity index (χ1) is 18.3. The lowest BCUT2D eigenvalue weighted by atomic mass is 9.88. The molecule has 1 aliphatic carbocycles. The van der Waals surface area contributed by atoms with Crippen molar-refractivity contribution in [1.82, 2.24) is 15.1 Å². The first kappa shape index (κ1) is 28.9. The van der Waals surface area contributed by atoms with E-state index < -0.39 is 29.7 Å². The van der Waals surface area contributed by atoms with Gasteiger partial charge < -0.3 is 20.7 Å². The molecule has 2 heterocycles. The molecule has 2 bridgehead atoms. The van der Waals surface area contributed by atoms with Crippen LogP contribution in [0.15, 0.2) is 24.3 Å². The van der Waals surface area contributed by atoms with Crippen LogP contribution in [0.5, 0.6) is 0 Å². The number of nitrogens with zero attached hydrogens (tertiary/aromatic N) is 2. The number of benzene rings is 1. The van der Waals surface area contributed by atoms with Crippen LogP contribution in [0.25, 0.3) is 0 Å². The molecule has 1 aromatic carbocycles. The highest BCUT2D eigenvalue weighted by atomic mass is 16.6. The number of likely N-dealkylation sites (tertiary alicyclic amines) is 2. The first-order valence-electron chi connectivity index (χ1n) is 14.3. The van der Waals surface area contributed by atoms with E-state index in [1.54, 1.807) is 25.7 Å². The van der Waals surface area contributed by atoms with Gasteiger partial charge in [-0.05, 0) is 75.8 Å². The third kappa shape index (κ3) is 6.73. The summed E-state index contributed by atoms with van der Waals surface area (Å²) < 4.78 is 5.59. The summed E-state index contributed by atoms with van der Waals surface area (Å²) in [6.45, 7) is 10.8. The van der Waals surface area contributed by atoms with Crippen LogP contribution in [0.2, 0.25) is 0 Å². The van der Waals surface area contributed by atoms with Gasteiger partial charge in [0.15, 0.2) is 0 Å². The van der Waals surface area contributed by atoms with Crippen LogP contribution < -0.4 is 11.1 Å². The van der Waals surface area contributed by atoms with Crippen molar-refractivity contribution < 1.29 is 23.9 Å². The summed E-state index contributed by atoms with van der Waals surface area (Å²) >= 11 is 0. The van der Waals surface area contributed by atoms with Crippen molar-refractivity contribution in [1.29, 1.82) is 0 Å². The van der Waals surface area contributed by atoms with E-state index in [0.717, 1.165) is 50.8 Å². The average molecular weight is 541 g/mol. The monoisotopic (exact) mass is 540 g/mol. The number of hydrogen-bond donors (Lipinski definition) is 2. The summed E-state index contributed by atoms with van der Waals surface area (Å²) in [7, 11) is 0. The van der Waals surface area contributed by atoms with Gasteiger partial charge in [0.05, 0.1) is 0 Å². The SMILES string of the molecule is CC(C)C(=O)N1CCC(c2ccc(C[C@H](NC(=O)[C@@H]3[C@H]4CC[C@H](C4)N3C(=O)OC(C)(C)C)C(N)=O)cc2)CC1. The molecule has 9 heteroatoms. The van der Waals surface area contributed by atoms with Gasteiger partial charge >= 0.3 is 6.09 Å². The molecule has 39 heavy (non-hydrogen) atoms. The Balaban J connectivity index is 1.37. The van der Waals surface area contributed by atoms with Gasteiger partial charge in [0.1, 0.15) is 17.7 Å².